The number of para-hydroxylation sites is 2. The molecule has 3 heterocycles. The predicted molar refractivity (Wildman–Crippen MR) is 184 cm³/mol. The van der Waals surface area contributed by atoms with Crippen molar-refractivity contribution in [3.05, 3.63) is 120 Å². The molecule has 1 aromatic heterocycles. The van der Waals surface area contributed by atoms with Gasteiger partial charge in [0.15, 0.2) is 0 Å². The SMILES string of the molecule is C=C(c1c(OC)cc(OC)cc1OC)c1cc(N2CCc3ccccc32)cc2c1[nH]c1ccc(N3CCc4ccccc43)cc12. The topological polar surface area (TPSA) is 50.0 Å². The number of aromatic amines is 1. The van der Waals surface area contributed by atoms with Gasteiger partial charge in [0, 0.05) is 69.8 Å². The van der Waals surface area contributed by atoms with Crippen LogP contribution in [0.4, 0.5) is 22.7 Å². The summed E-state index contributed by atoms with van der Waals surface area (Å²) in [5.41, 5.74) is 12.4. The van der Waals surface area contributed by atoms with Gasteiger partial charge in [0.1, 0.15) is 17.2 Å². The number of hydrogen-bond donors (Lipinski definition) is 1. The molecule has 0 atom stereocenters. The molecule has 1 N–H and O–H groups in total. The van der Waals surface area contributed by atoms with Crippen LogP contribution in [0.25, 0.3) is 27.4 Å². The Morgan fingerprint density at radius 2 is 1.27 bits per heavy atom. The molecule has 0 radical (unpaired) electrons. The van der Waals surface area contributed by atoms with E-state index in [2.05, 4.69) is 100 Å². The molecule has 0 aliphatic carbocycles. The summed E-state index contributed by atoms with van der Waals surface area (Å²) in [7, 11) is 4.97. The number of fused-ring (bicyclic) bond motifs is 5. The molecular formula is C39H35N3O3. The first-order chi connectivity index (χ1) is 22.1. The molecule has 45 heavy (non-hydrogen) atoms. The number of nitrogens with one attached hydrogen (secondary N) is 1. The summed E-state index contributed by atoms with van der Waals surface area (Å²) >= 11 is 0. The van der Waals surface area contributed by atoms with Gasteiger partial charge in [-0.1, -0.05) is 43.0 Å². The van der Waals surface area contributed by atoms with Crippen molar-refractivity contribution in [1.82, 2.24) is 4.98 Å². The number of benzene rings is 5. The third kappa shape index (κ3) is 4.32. The van der Waals surface area contributed by atoms with Crippen molar-refractivity contribution >= 4 is 50.1 Å². The molecule has 8 rings (SSSR count). The molecule has 6 aromatic rings. The lowest BCUT2D eigenvalue weighted by atomic mass is 9.94. The molecule has 0 saturated heterocycles. The Bertz CT molecular complexity index is 2100. The second-order valence-corrected chi connectivity index (χ2v) is 11.7. The van der Waals surface area contributed by atoms with Gasteiger partial charge in [0.05, 0.1) is 32.4 Å². The molecule has 6 heteroatoms. The quantitative estimate of drug-likeness (QED) is 0.201. The summed E-state index contributed by atoms with van der Waals surface area (Å²) in [6.45, 7) is 6.55. The second kappa shape index (κ2) is 10.7. The first-order valence-electron chi connectivity index (χ1n) is 15.4. The van der Waals surface area contributed by atoms with Crippen LogP contribution in [-0.2, 0) is 12.8 Å². The molecule has 0 unspecified atom stereocenters. The normalized spacial score (nSPS) is 13.8. The van der Waals surface area contributed by atoms with Crippen LogP contribution in [0.1, 0.15) is 22.3 Å². The Hall–Kier alpha value is -5.36. The van der Waals surface area contributed by atoms with E-state index in [1.165, 1.54) is 33.6 Å². The van der Waals surface area contributed by atoms with Gasteiger partial charge in [-0.25, -0.2) is 0 Å². The van der Waals surface area contributed by atoms with Crippen molar-refractivity contribution in [1.29, 1.82) is 0 Å². The van der Waals surface area contributed by atoms with Crippen molar-refractivity contribution in [2.45, 2.75) is 12.8 Å². The van der Waals surface area contributed by atoms with Gasteiger partial charge in [-0.15, -0.1) is 0 Å². The summed E-state index contributed by atoms with van der Waals surface area (Å²) < 4.78 is 17.3. The Labute approximate surface area is 263 Å². The molecule has 0 fully saturated rings. The van der Waals surface area contributed by atoms with Crippen LogP contribution in [0.2, 0.25) is 0 Å². The van der Waals surface area contributed by atoms with E-state index in [0.29, 0.717) is 17.2 Å². The van der Waals surface area contributed by atoms with Crippen LogP contribution in [-0.4, -0.2) is 39.4 Å². The lowest BCUT2D eigenvalue weighted by Gasteiger charge is -2.23. The van der Waals surface area contributed by atoms with Crippen LogP contribution in [0.3, 0.4) is 0 Å². The smallest absolute Gasteiger partial charge is 0.134 e. The van der Waals surface area contributed by atoms with E-state index >= 15 is 0 Å². The van der Waals surface area contributed by atoms with E-state index in [9.17, 15) is 0 Å². The molecule has 224 valence electrons. The number of anilines is 4. The predicted octanol–water partition coefficient (Wildman–Crippen LogP) is 8.80. The van der Waals surface area contributed by atoms with Crippen molar-refractivity contribution in [2.24, 2.45) is 0 Å². The summed E-state index contributed by atoms with van der Waals surface area (Å²) in [6, 6.07) is 32.5. The third-order valence-corrected chi connectivity index (χ3v) is 9.42. The summed E-state index contributed by atoms with van der Waals surface area (Å²) in [5.74, 6) is 1.95. The van der Waals surface area contributed by atoms with Crippen LogP contribution in [0.5, 0.6) is 17.2 Å². The zero-order chi connectivity index (χ0) is 30.7. The maximum atomic E-state index is 5.87. The lowest BCUT2D eigenvalue weighted by Crippen LogP contribution is -2.13. The number of methoxy groups -OCH3 is 3. The monoisotopic (exact) mass is 593 g/mol. The van der Waals surface area contributed by atoms with E-state index in [0.717, 1.165) is 64.7 Å². The first kappa shape index (κ1) is 27.2. The van der Waals surface area contributed by atoms with Gasteiger partial charge in [-0.05, 0) is 72.0 Å². The van der Waals surface area contributed by atoms with E-state index in [-0.39, 0.29) is 0 Å². The zero-order valence-electron chi connectivity index (χ0n) is 25.8. The summed E-state index contributed by atoms with van der Waals surface area (Å²) in [5, 5.41) is 2.34. The van der Waals surface area contributed by atoms with E-state index in [1.807, 2.05) is 12.1 Å². The van der Waals surface area contributed by atoms with Crippen molar-refractivity contribution in [3.8, 4) is 17.2 Å². The van der Waals surface area contributed by atoms with Gasteiger partial charge in [0.25, 0.3) is 0 Å². The van der Waals surface area contributed by atoms with E-state index in [1.54, 1.807) is 21.3 Å². The molecule has 0 amide bonds. The van der Waals surface area contributed by atoms with Gasteiger partial charge >= 0.3 is 0 Å². The highest BCUT2D eigenvalue weighted by Gasteiger charge is 2.26. The number of rotatable bonds is 7. The lowest BCUT2D eigenvalue weighted by molar-refractivity contribution is 0.374. The van der Waals surface area contributed by atoms with E-state index in [4.69, 9.17) is 14.2 Å². The van der Waals surface area contributed by atoms with Crippen molar-refractivity contribution in [3.63, 3.8) is 0 Å². The average molecular weight is 594 g/mol. The Kier molecular flexibility index (Phi) is 6.45. The Balaban J connectivity index is 1.35. The average Bonchev–Trinajstić information content (AvgIpc) is 3.82. The Morgan fingerprint density at radius 3 is 1.89 bits per heavy atom. The minimum atomic E-state index is 0.646. The fourth-order valence-corrected chi connectivity index (χ4v) is 7.19. The van der Waals surface area contributed by atoms with Gasteiger partial charge in [-0.3, -0.25) is 0 Å². The highest BCUT2D eigenvalue weighted by Crippen LogP contribution is 2.46. The molecule has 0 spiro atoms. The molecule has 2 aliphatic rings. The van der Waals surface area contributed by atoms with Crippen LogP contribution in [0.15, 0.2) is 97.6 Å². The number of aromatic nitrogens is 1. The third-order valence-electron chi connectivity index (χ3n) is 9.42. The first-order valence-corrected chi connectivity index (χ1v) is 15.4. The van der Waals surface area contributed by atoms with Crippen LogP contribution < -0.4 is 24.0 Å². The maximum absolute atomic E-state index is 5.87. The largest absolute Gasteiger partial charge is 0.496 e. The van der Waals surface area contributed by atoms with E-state index < -0.39 is 0 Å². The van der Waals surface area contributed by atoms with Crippen molar-refractivity contribution < 1.29 is 14.2 Å². The molecule has 5 aromatic carbocycles. The fourth-order valence-electron chi connectivity index (χ4n) is 7.19. The van der Waals surface area contributed by atoms with Crippen LogP contribution >= 0.6 is 0 Å². The minimum absolute atomic E-state index is 0.646. The second-order valence-electron chi connectivity index (χ2n) is 11.7. The maximum Gasteiger partial charge on any atom is 0.134 e. The molecule has 2 aliphatic heterocycles. The molecule has 6 nitrogen and oxygen atoms in total. The minimum Gasteiger partial charge on any atom is -0.496 e. The van der Waals surface area contributed by atoms with Crippen molar-refractivity contribution in [2.75, 3.05) is 44.2 Å². The number of ether oxygens (including phenoxy) is 3. The number of hydrogen-bond acceptors (Lipinski definition) is 5. The summed E-state index contributed by atoms with van der Waals surface area (Å²) in [6.07, 6.45) is 2.06. The molecular weight excluding hydrogens is 558 g/mol. The molecule has 0 bridgehead atoms. The zero-order valence-corrected chi connectivity index (χ0v) is 25.8. The number of nitrogens with zero attached hydrogens (tertiary/aromatic N) is 2. The van der Waals surface area contributed by atoms with Crippen LogP contribution in [0, 0.1) is 0 Å². The number of H-pyrrole nitrogens is 1. The van der Waals surface area contributed by atoms with Gasteiger partial charge in [-0.2, -0.15) is 0 Å². The fraction of sp³-hybridized carbons (Fsp3) is 0.179. The van der Waals surface area contributed by atoms with Gasteiger partial charge < -0.3 is 29.0 Å². The highest BCUT2D eigenvalue weighted by molar-refractivity contribution is 6.14. The van der Waals surface area contributed by atoms with Gasteiger partial charge in [0.2, 0.25) is 0 Å². The standard InChI is InChI=1S/C39H35N3O3/c1-24(38-36(44-3)22-29(43-2)23-37(38)45-4)30-20-28(42-18-16-26-10-6-8-12-35(26)42)21-32-31-19-27(13-14-33(31)40-39(30)32)41-17-15-25-9-5-7-11-34(25)41/h5-14,19-23,40H,1,15-18H2,2-4H3. The highest BCUT2D eigenvalue weighted by atomic mass is 16.5. The molecule has 0 saturated carbocycles. The summed E-state index contributed by atoms with van der Waals surface area (Å²) in [4.78, 5) is 8.62. The Morgan fingerprint density at radius 1 is 0.667 bits per heavy atom.